The van der Waals surface area contributed by atoms with Crippen LogP contribution in [0.3, 0.4) is 0 Å². The van der Waals surface area contributed by atoms with Crippen LogP contribution in [-0.4, -0.2) is 23.3 Å². The van der Waals surface area contributed by atoms with E-state index in [9.17, 15) is 0 Å². The Morgan fingerprint density at radius 1 is 1.20 bits per heavy atom. The van der Waals surface area contributed by atoms with E-state index in [2.05, 4.69) is 63.5 Å². The molecule has 1 aromatic carbocycles. The van der Waals surface area contributed by atoms with Crippen molar-refractivity contribution >= 4 is 27.7 Å². The van der Waals surface area contributed by atoms with Gasteiger partial charge in [-0.15, -0.1) is 11.8 Å². The lowest BCUT2D eigenvalue weighted by molar-refractivity contribution is 0.572. The van der Waals surface area contributed by atoms with E-state index in [1.165, 1.54) is 14.9 Å². The molecular weight excluding hydrogens is 332 g/mol. The van der Waals surface area contributed by atoms with Crippen LogP contribution in [0.4, 0.5) is 0 Å². The maximum atomic E-state index is 4.07. The molecule has 1 unspecified atom stereocenters. The zero-order valence-corrected chi connectivity index (χ0v) is 14.0. The maximum Gasteiger partial charge on any atom is 0.0311 e. The van der Waals surface area contributed by atoms with E-state index in [1.807, 2.05) is 30.2 Å². The van der Waals surface area contributed by atoms with Gasteiger partial charge in [-0.2, -0.15) is 0 Å². The van der Waals surface area contributed by atoms with Gasteiger partial charge in [0.1, 0.15) is 0 Å². The highest BCUT2D eigenvalue weighted by molar-refractivity contribution is 9.10. The van der Waals surface area contributed by atoms with E-state index in [0.29, 0.717) is 6.04 Å². The third-order valence-electron chi connectivity index (χ3n) is 3.00. The molecule has 0 amide bonds. The summed E-state index contributed by atoms with van der Waals surface area (Å²) in [6, 6.07) is 13.0. The van der Waals surface area contributed by atoms with Gasteiger partial charge in [-0.05, 0) is 58.7 Å². The molecule has 1 aromatic heterocycles. The number of halogens is 1. The Balaban J connectivity index is 1.94. The summed E-state index contributed by atoms with van der Waals surface area (Å²) in [5.41, 5.74) is 1.33. The highest BCUT2D eigenvalue weighted by atomic mass is 79.9. The van der Waals surface area contributed by atoms with Crippen LogP contribution in [0.1, 0.15) is 12.5 Å². The van der Waals surface area contributed by atoms with Gasteiger partial charge in [0.2, 0.25) is 0 Å². The van der Waals surface area contributed by atoms with Crippen LogP contribution in [0.15, 0.2) is 58.2 Å². The highest BCUT2D eigenvalue weighted by Crippen LogP contribution is 2.27. The van der Waals surface area contributed by atoms with Crippen LogP contribution >= 0.6 is 27.7 Å². The summed E-state index contributed by atoms with van der Waals surface area (Å²) < 4.78 is 1.17. The molecule has 0 radical (unpaired) electrons. The highest BCUT2D eigenvalue weighted by Gasteiger charge is 2.10. The van der Waals surface area contributed by atoms with E-state index in [0.717, 1.165) is 18.7 Å². The SMILES string of the molecule is CCNC(CSc1ccccc1Br)Cc1ccncc1. The summed E-state index contributed by atoms with van der Waals surface area (Å²) in [4.78, 5) is 5.37. The number of nitrogens with one attached hydrogen (secondary N) is 1. The topological polar surface area (TPSA) is 24.9 Å². The molecule has 2 nitrogen and oxygen atoms in total. The standard InChI is InChI=1S/C16H19BrN2S/c1-2-19-14(11-13-7-9-18-10-8-13)12-20-16-6-4-3-5-15(16)17/h3-10,14,19H,2,11-12H2,1H3. The van der Waals surface area contributed by atoms with E-state index in [-0.39, 0.29) is 0 Å². The van der Waals surface area contributed by atoms with E-state index >= 15 is 0 Å². The molecule has 2 rings (SSSR count). The number of thioether (sulfide) groups is 1. The molecule has 4 heteroatoms. The Labute approximate surface area is 133 Å². The van der Waals surface area contributed by atoms with Crippen molar-refractivity contribution in [2.75, 3.05) is 12.3 Å². The first-order chi connectivity index (χ1) is 9.79. The molecule has 0 aliphatic carbocycles. The number of nitrogens with zero attached hydrogens (tertiary/aromatic N) is 1. The summed E-state index contributed by atoms with van der Waals surface area (Å²) >= 11 is 5.49. The Hall–Kier alpha value is -0.840. The fourth-order valence-electron chi connectivity index (χ4n) is 2.03. The fraction of sp³-hybridized carbons (Fsp3) is 0.312. The van der Waals surface area contributed by atoms with Gasteiger partial charge in [0.25, 0.3) is 0 Å². The average Bonchev–Trinajstić information content (AvgIpc) is 2.47. The third-order valence-corrected chi connectivity index (χ3v) is 5.19. The lowest BCUT2D eigenvalue weighted by atomic mass is 10.1. The second-order valence-electron chi connectivity index (χ2n) is 4.56. The van der Waals surface area contributed by atoms with E-state index in [1.54, 1.807) is 0 Å². The normalized spacial score (nSPS) is 12.3. The Morgan fingerprint density at radius 2 is 1.95 bits per heavy atom. The summed E-state index contributed by atoms with van der Waals surface area (Å²) in [6.07, 6.45) is 4.76. The van der Waals surface area contributed by atoms with Crippen LogP contribution < -0.4 is 5.32 Å². The molecule has 0 saturated heterocycles. The molecule has 20 heavy (non-hydrogen) atoms. The molecule has 0 aliphatic rings. The fourth-order valence-corrected chi connectivity index (χ4v) is 3.66. The smallest absolute Gasteiger partial charge is 0.0311 e. The van der Waals surface area contributed by atoms with Crippen molar-refractivity contribution in [3.8, 4) is 0 Å². The van der Waals surface area contributed by atoms with Crippen LogP contribution in [0.5, 0.6) is 0 Å². The Kier molecular flexibility index (Phi) is 6.57. The van der Waals surface area contributed by atoms with Gasteiger partial charge in [0.15, 0.2) is 0 Å². The van der Waals surface area contributed by atoms with Gasteiger partial charge in [0.05, 0.1) is 0 Å². The summed E-state index contributed by atoms with van der Waals surface area (Å²) in [5.74, 6) is 1.05. The minimum Gasteiger partial charge on any atom is -0.313 e. The van der Waals surface area contributed by atoms with Gasteiger partial charge < -0.3 is 5.32 Å². The third kappa shape index (κ3) is 4.93. The first kappa shape index (κ1) is 15.5. The van der Waals surface area contributed by atoms with Gasteiger partial charge in [-0.25, -0.2) is 0 Å². The van der Waals surface area contributed by atoms with Crippen LogP contribution in [0.2, 0.25) is 0 Å². The second-order valence-corrected chi connectivity index (χ2v) is 6.47. The lowest BCUT2D eigenvalue weighted by Crippen LogP contribution is -2.33. The van der Waals surface area contributed by atoms with Crippen molar-refractivity contribution in [1.82, 2.24) is 10.3 Å². The first-order valence-corrected chi connectivity index (χ1v) is 8.57. The van der Waals surface area contributed by atoms with Crippen molar-refractivity contribution in [3.63, 3.8) is 0 Å². The zero-order chi connectivity index (χ0) is 14.2. The summed E-state index contributed by atoms with van der Waals surface area (Å²) in [5, 5.41) is 3.56. The molecule has 1 N–H and O–H groups in total. The monoisotopic (exact) mass is 350 g/mol. The molecule has 0 bridgehead atoms. The van der Waals surface area contributed by atoms with Gasteiger partial charge in [-0.3, -0.25) is 4.98 Å². The minimum absolute atomic E-state index is 0.472. The molecule has 2 aromatic rings. The quantitative estimate of drug-likeness (QED) is 0.759. The Bertz CT molecular complexity index is 519. The lowest BCUT2D eigenvalue weighted by Gasteiger charge is -2.18. The molecule has 0 fully saturated rings. The zero-order valence-electron chi connectivity index (χ0n) is 11.6. The summed E-state index contributed by atoms with van der Waals surface area (Å²) in [6.45, 7) is 3.15. The van der Waals surface area contributed by atoms with E-state index < -0.39 is 0 Å². The Morgan fingerprint density at radius 3 is 2.65 bits per heavy atom. The van der Waals surface area contributed by atoms with Gasteiger partial charge >= 0.3 is 0 Å². The number of hydrogen-bond donors (Lipinski definition) is 1. The number of benzene rings is 1. The number of pyridine rings is 1. The predicted octanol–water partition coefficient (Wildman–Crippen LogP) is 4.16. The number of rotatable bonds is 7. The average molecular weight is 351 g/mol. The van der Waals surface area contributed by atoms with Crippen LogP contribution in [0, 0.1) is 0 Å². The molecule has 1 heterocycles. The van der Waals surface area contributed by atoms with Crippen molar-refractivity contribution in [2.45, 2.75) is 24.3 Å². The molecule has 1 atom stereocenters. The van der Waals surface area contributed by atoms with Gasteiger partial charge in [0, 0.05) is 33.6 Å². The maximum absolute atomic E-state index is 4.07. The van der Waals surface area contributed by atoms with E-state index in [4.69, 9.17) is 0 Å². The van der Waals surface area contributed by atoms with Crippen molar-refractivity contribution < 1.29 is 0 Å². The molecular formula is C16H19BrN2S. The molecule has 106 valence electrons. The molecule has 0 aliphatic heterocycles. The largest absolute Gasteiger partial charge is 0.313 e. The summed E-state index contributed by atoms with van der Waals surface area (Å²) in [7, 11) is 0. The van der Waals surface area contributed by atoms with Crippen molar-refractivity contribution in [1.29, 1.82) is 0 Å². The number of hydrogen-bond acceptors (Lipinski definition) is 3. The van der Waals surface area contributed by atoms with Crippen LogP contribution in [-0.2, 0) is 6.42 Å². The molecule has 0 spiro atoms. The number of likely N-dealkylation sites (N-methyl/N-ethyl adjacent to an activating group) is 1. The first-order valence-electron chi connectivity index (χ1n) is 6.79. The van der Waals surface area contributed by atoms with Crippen molar-refractivity contribution in [2.24, 2.45) is 0 Å². The number of aromatic nitrogens is 1. The van der Waals surface area contributed by atoms with Crippen LogP contribution in [0.25, 0.3) is 0 Å². The van der Waals surface area contributed by atoms with Gasteiger partial charge in [-0.1, -0.05) is 19.1 Å². The molecule has 0 saturated carbocycles. The minimum atomic E-state index is 0.472. The van der Waals surface area contributed by atoms with Crippen molar-refractivity contribution in [3.05, 3.63) is 58.8 Å². The predicted molar refractivity (Wildman–Crippen MR) is 90.3 cm³/mol. The second kappa shape index (κ2) is 8.45.